The molecule has 0 fully saturated rings. The van der Waals surface area contributed by atoms with Crippen molar-refractivity contribution in [1.29, 1.82) is 0 Å². The summed E-state index contributed by atoms with van der Waals surface area (Å²) in [6, 6.07) is 9.67. The number of nitrogens with zero attached hydrogens (tertiary/aromatic N) is 2. The lowest BCUT2D eigenvalue weighted by Crippen LogP contribution is -2.38. The molecule has 4 rings (SSSR count). The predicted molar refractivity (Wildman–Crippen MR) is 121 cm³/mol. The molecule has 0 bridgehead atoms. The van der Waals surface area contributed by atoms with Gasteiger partial charge < -0.3 is 16.0 Å². The summed E-state index contributed by atoms with van der Waals surface area (Å²) in [7, 11) is 1.83. The Balaban J connectivity index is 1.40. The lowest BCUT2D eigenvalue weighted by atomic mass is 9.93. The van der Waals surface area contributed by atoms with Crippen LogP contribution in [0.1, 0.15) is 46.1 Å². The van der Waals surface area contributed by atoms with Crippen molar-refractivity contribution < 1.29 is 27.6 Å². The zero-order valence-corrected chi connectivity index (χ0v) is 18.6. The van der Waals surface area contributed by atoms with Crippen LogP contribution in [0.2, 0.25) is 0 Å². The number of fused-ring (bicyclic) bond motifs is 1. The van der Waals surface area contributed by atoms with Crippen molar-refractivity contribution in [2.75, 3.05) is 10.6 Å². The number of aryl methyl sites for hydroxylation is 1. The lowest BCUT2D eigenvalue weighted by molar-refractivity contribution is -0.137. The SMILES string of the molecule is Cn1ncc2c1CCCC2NC(=O)C(=O)Nc1cccc(C(=O)Nc2cccc(C(F)(F)F)c2)c1. The van der Waals surface area contributed by atoms with Crippen molar-refractivity contribution in [2.24, 2.45) is 7.05 Å². The zero-order valence-electron chi connectivity index (χ0n) is 18.6. The van der Waals surface area contributed by atoms with Crippen molar-refractivity contribution in [3.63, 3.8) is 0 Å². The van der Waals surface area contributed by atoms with E-state index < -0.39 is 29.5 Å². The van der Waals surface area contributed by atoms with Crippen molar-refractivity contribution in [1.82, 2.24) is 15.1 Å². The summed E-state index contributed by atoms with van der Waals surface area (Å²) in [5.41, 5.74) is 1.26. The second-order valence-electron chi connectivity index (χ2n) is 8.16. The van der Waals surface area contributed by atoms with Crippen LogP contribution in [-0.4, -0.2) is 27.5 Å². The molecule has 1 heterocycles. The number of anilines is 2. The van der Waals surface area contributed by atoms with Gasteiger partial charge in [-0.25, -0.2) is 0 Å². The Morgan fingerprint density at radius 3 is 2.46 bits per heavy atom. The molecule has 0 radical (unpaired) electrons. The van der Waals surface area contributed by atoms with Crippen molar-refractivity contribution >= 4 is 29.1 Å². The number of rotatable bonds is 4. The van der Waals surface area contributed by atoms with Gasteiger partial charge in [-0.15, -0.1) is 0 Å². The first-order chi connectivity index (χ1) is 16.6. The number of benzene rings is 2. The fourth-order valence-corrected chi connectivity index (χ4v) is 3.98. The monoisotopic (exact) mass is 485 g/mol. The van der Waals surface area contributed by atoms with Gasteiger partial charge in [0.2, 0.25) is 0 Å². The molecule has 3 N–H and O–H groups in total. The summed E-state index contributed by atoms with van der Waals surface area (Å²) in [5, 5.41) is 11.8. The largest absolute Gasteiger partial charge is 0.416 e. The van der Waals surface area contributed by atoms with Crippen molar-refractivity contribution in [3.05, 3.63) is 77.1 Å². The maximum Gasteiger partial charge on any atom is 0.416 e. The standard InChI is InChI=1S/C24H22F3N5O3/c1-32-20-10-4-9-19(18(20)13-28-32)31-23(35)22(34)30-16-7-2-5-14(11-16)21(33)29-17-8-3-6-15(12-17)24(25,26)27/h2-3,5-8,11-13,19H,4,9-10H2,1H3,(H,29,33)(H,30,34)(H,31,35). The Morgan fingerprint density at radius 1 is 1.00 bits per heavy atom. The second kappa shape index (κ2) is 9.61. The molecule has 0 spiro atoms. The van der Waals surface area contributed by atoms with Crippen LogP contribution in [-0.2, 0) is 29.2 Å². The van der Waals surface area contributed by atoms with Crippen LogP contribution in [0.15, 0.2) is 54.7 Å². The van der Waals surface area contributed by atoms with Crippen LogP contribution in [0, 0.1) is 0 Å². The summed E-state index contributed by atoms with van der Waals surface area (Å²) < 4.78 is 40.5. The highest BCUT2D eigenvalue weighted by Gasteiger charge is 2.30. The van der Waals surface area contributed by atoms with Crippen LogP contribution in [0.4, 0.5) is 24.5 Å². The third-order valence-corrected chi connectivity index (χ3v) is 5.72. The van der Waals surface area contributed by atoms with E-state index in [9.17, 15) is 27.6 Å². The van der Waals surface area contributed by atoms with Crippen molar-refractivity contribution in [3.8, 4) is 0 Å². The van der Waals surface area contributed by atoms with Gasteiger partial charge in [-0.1, -0.05) is 12.1 Å². The first kappa shape index (κ1) is 24.0. The second-order valence-corrected chi connectivity index (χ2v) is 8.16. The number of aromatic nitrogens is 2. The highest BCUT2D eigenvalue weighted by Crippen LogP contribution is 2.31. The van der Waals surface area contributed by atoms with E-state index in [4.69, 9.17) is 0 Å². The molecule has 1 aliphatic carbocycles. The number of carbonyl (C=O) groups excluding carboxylic acids is 3. The minimum absolute atomic E-state index is 0.0269. The van der Waals surface area contributed by atoms with E-state index in [2.05, 4.69) is 21.0 Å². The molecule has 1 aromatic heterocycles. The topological polar surface area (TPSA) is 105 Å². The summed E-state index contributed by atoms with van der Waals surface area (Å²) in [6.45, 7) is 0. The van der Waals surface area contributed by atoms with Crippen LogP contribution in [0.3, 0.4) is 0 Å². The Morgan fingerprint density at radius 2 is 1.71 bits per heavy atom. The van der Waals surface area contributed by atoms with Crippen molar-refractivity contribution in [2.45, 2.75) is 31.5 Å². The minimum atomic E-state index is -4.54. The highest BCUT2D eigenvalue weighted by atomic mass is 19.4. The number of hydrogen-bond acceptors (Lipinski definition) is 4. The molecule has 3 amide bonds. The van der Waals surface area contributed by atoms with Gasteiger partial charge in [0.25, 0.3) is 5.91 Å². The Hall–Kier alpha value is -4.15. The molecule has 182 valence electrons. The Labute approximate surface area is 198 Å². The number of alkyl halides is 3. The average Bonchev–Trinajstić information content (AvgIpc) is 3.20. The van der Waals surface area contributed by atoms with Gasteiger partial charge in [-0.3, -0.25) is 19.1 Å². The molecule has 1 aliphatic rings. The number of carbonyl (C=O) groups is 3. The Kier molecular flexibility index (Phi) is 6.59. The summed E-state index contributed by atoms with van der Waals surface area (Å²) >= 11 is 0. The highest BCUT2D eigenvalue weighted by molar-refractivity contribution is 6.39. The van der Waals surface area contributed by atoms with Gasteiger partial charge in [0, 0.05) is 35.2 Å². The average molecular weight is 485 g/mol. The number of halogens is 3. The van der Waals surface area contributed by atoms with Gasteiger partial charge in [0.05, 0.1) is 17.8 Å². The fourth-order valence-electron chi connectivity index (χ4n) is 3.98. The molecule has 1 atom stereocenters. The summed E-state index contributed by atoms with van der Waals surface area (Å²) in [6.07, 6.45) is -0.476. The van der Waals surface area contributed by atoms with Crippen LogP contribution in [0.25, 0.3) is 0 Å². The minimum Gasteiger partial charge on any atom is -0.341 e. The van der Waals surface area contributed by atoms with Gasteiger partial charge in [0.1, 0.15) is 0 Å². The normalized spacial score (nSPS) is 15.1. The molecular formula is C24H22F3N5O3. The van der Waals surface area contributed by atoms with Crippen LogP contribution >= 0.6 is 0 Å². The molecule has 1 unspecified atom stereocenters. The zero-order chi connectivity index (χ0) is 25.2. The van der Waals surface area contributed by atoms with E-state index >= 15 is 0 Å². The molecule has 11 heteroatoms. The molecule has 35 heavy (non-hydrogen) atoms. The third-order valence-electron chi connectivity index (χ3n) is 5.72. The summed E-state index contributed by atoms with van der Waals surface area (Å²) in [5.74, 6) is -2.40. The quantitative estimate of drug-likeness (QED) is 0.489. The van der Waals surface area contributed by atoms with E-state index in [0.29, 0.717) is 6.42 Å². The van der Waals surface area contributed by atoms with Gasteiger partial charge in [-0.2, -0.15) is 18.3 Å². The number of amides is 3. The van der Waals surface area contributed by atoms with E-state index in [-0.39, 0.29) is 23.0 Å². The van der Waals surface area contributed by atoms with Gasteiger partial charge in [-0.05, 0) is 55.7 Å². The smallest absolute Gasteiger partial charge is 0.341 e. The first-order valence-corrected chi connectivity index (χ1v) is 10.8. The number of hydrogen-bond donors (Lipinski definition) is 3. The van der Waals surface area contributed by atoms with Crippen LogP contribution < -0.4 is 16.0 Å². The van der Waals surface area contributed by atoms with E-state index in [1.54, 1.807) is 10.9 Å². The van der Waals surface area contributed by atoms with Gasteiger partial charge in [0.15, 0.2) is 0 Å². The molecule has 8 nitrogen and oxygen atoms in total. The molecule has 3 aromatic rings. The summed E-state index contributed by atoms with van der Waals surface area (Å²) in [4.78, 5) is 37.5. The molecule has 0 aliphatic heterocycles. The lowest BCUT2D eigenvalue weighted by Gasteiger charge is -2.23. The molecular weight excluding hydrogens is 463 g/mol. The third kappa shape index (κ3) is 5.51. The van der Waals surface area contributed by atoms with Gasteiger partial charge >= 0.3 is 18.0 Å². The fraction of sp³-hybridized carbons (Fsp3) is 0.250. The van der Waals surface area contributed by atoms with E-state index in [0.717, 1.165) is 36.2 Å². The maximum absolute atomic E-state index is 12.9. The van der Waals surface area contributed by atoms with Crippen LogP contribution in [0.5, 0.6) is 0 Å². The molecule has 0 saturated carbocycles. The molecule has 2 aromatic carbocycles. The number of nitrogens with one attached hydrogen (secondary N) is 3. The van der Waals surface area contributed by atoms with E-state index in [1.807, 2.05) is 7.05 Å². The maximum atomic E-state index is 12.9. The Bertz CT molecular complexity index is 1290. The predicted octanol–water partition coefficient (Wildman–Crippen LogP) is 3.82. The molecule has 0 saturated heterocycles. The van der Waals surface area contributed by atoms with E-state index in [1.165, 1.54) is 36.4 Å². The first-order valence-electron chi connectivity index (χ1n) is 10.8.